The second-order valence-corrected chi connectivity index (χ2v) is 5.68. The van der Waals surface area contributed by atoms with Gasteiger partial charge in [-0.3, -0.25) is 14.3 Å². The molecule has 1 aliphatic heterocycles. The molecule has 21 heavy (non-hydrogen) atoms. The predicted octanol–water partition coefficient (Wildman–Crippen LogP) is 2.01. The number of piperidine rings is 1. The molecular formula is C15H23N3O3. The summed E-state index contributed by atoms with van der Waals surface area (Å²) in [7, 11) is 0. The van der Waals surface area contributed by atoms with E-state index in [0.717, 1.165) is 32.4 Å². The van der Waals surface area contributed by atoms with E-state index in [1.807, 2.05) is 4.90 Å². The van der Waals surface area contributed by atoms with Crippen molar-refractivity contribution in [3.63, 3.8) is 0 Å². The Morgan fingerprint density at radius 3 is 3.00 bits per heavy atom. The van der Waals surface area contributed by atoms with Crippen molar-refractivity contribution in [1.82, 2.24) is 14.7 Å². The van der Waals surface area contributed by atoms with Crippen molar-refractivity contribution in [2.45, 2.75) is 45.6 Å². The van der Waals surface area contributed by atoms with Gasteiger partial charge in [0.1, 0.15) is 0 Å². The van der Waals surface area contributed by atoms with Gasteiger partial charge in [-0.15, -0.1) is 0 Å². The summed E-state index contributed by atoms with van der Waals surface area (Å²) in [6, 6.07) is 0. The Bertz CT molecular complexity index is 498. The van der Waals surface area contributed by atoms with Gasteiger partial charge in [0.15, 0.2) is 0 Å². The zero-order valence-electron chi connectivity index (χ0n) is 12.5. The van der Waals surface area contributed by atoms with Gasteiger partial charge in [-0.1, -0.05) is 6.92 Å². The molecule has 2 heterocycles. The Hall–Kier alpha value is -1.85. The summed E-state index contributed by atoms with van der Waals surface area (Å²) in [5.74, 6) is -0.457. The Balaban J connectivity index is 1.93. The van der Waals surface area contributed by atoms with Crippen molar-refractivity contribution in [3.8, 4) is 0 Å². The topological polar surface area (TPSA) is 75.4 Å². The number of carboxylic acid groups (broad SMARTS) is 1. The molecule has 2 rings (SSSR count). The fourth-order valence-corrected chi connectivity index (χ4v) is 2.82. The Labute approximate surface area is 124 Å². The maximum Gasteiger partial charge on any atom is 0.303 e. The number of amides is 1. The van der Waals surface area contributed by atoms with Gasteiger partial charge in [0, 0.05) is 32.3 Å². The number of carbonyl (C=O) groups is 2. The van der Waals surface area contributed by atoms with Crippen LogP contribution in [0.3, 0.4) is 0 Å². The molecule has 0 spiro atoms. The van der Waals surface area contributed by atoms with E-state index in [1.54, 1.807) is 17.1 Å². The number of likely N-dealkylation sites (tertiary alicyclic amines) is 1. The number of carbonyl (C=O) groups excluding carboxylic acids is 1. The summed E-state index contributed by atoms with van der Waals surface area (Å²) in [5.41, 5.74) is 0.627. The molecule has 1 saturated heterocycles. The molecule has 116 valence electrons. The van der Waals surface area contributed by atoms with E-state index in [2.05, 4.69) is 12.0 Å². The second kappa shape index (κ2) is 7.24. The minimum atomic E-state index is -0.765. The van der Waals surface area contributed by atoms with E-state index in [-0.39, 0.29) is 12.3 Å². The monoisotopic (exact) mass is 293 g/mol. The molecule has 1 atom stereocenters. The highest BCUT2D eigenvalue weighted by Crippen LogP contribution is 2.22. The van der Waals surface area contributed by atoms with Gasteiger partial charge in [-0.05, 0) is 31.6 Å². The molecule has 1 fully saturated rings. The molecule has 0 saturated carbocycles. The summed E-state index contributed by atoms with van der Waals surface area (Å²) >= 11 is 0. The summed E-state index contributed by atoms with van der Waals surface area (Å²) in [6.45, 7) is 4.29. The van der Waals surface area contributed by atoms with Gasteiger partial charge in [-0.2, -0.15) is 5.10 Å². The number of nitrogens with zero attached hydrogens (tertiary/aromatic N) is 3. The van der Waals surface area contributed by atoms with E-state index >= 15 is 0 Å². The molecule has 0 bridgehead atoms. The average molecular weight is 293 g/mol. The first-order chi connectivity index (χ1) is 10.1. The molecule has 0 unspecified atom stereocenters. The highest BCUT2D eigenvalue weighted by atomic mass is 16.4. The summed E-state index contributed by atoms with van der Waals surface area (Å²) in [5, 5.41) is 13.0. The molecule has 0 aliphatic carbocycles. The van der Waals surface area contributed by atoms with E-state index in [4.69, 9.17) is 5.11 Å². The minimum Gasteiger partial charge on any atom is -0.481 e. The van der Waals surface area contributed by atoms with Crippen LogP contribution in [0.2, 0.25) is 0 Å². The van der Waals surface area contributed by atoms with Gasteiger partial charge in [-0.25, -0.2) is 0 Å². The summed E-state index contributed by atoms with van der Waals surface area (Å²) < 4.78 is 1.79. The van der Waals surface area contributed by atoms with Crippen molar-refractivity contribution in [1.29, 1.82) is 0 Å². The normalized spacial score (nSPS) is 18.7. The third-order valence-electron chi connectivity index (χ3n) is 3.91. The summed E-state index contributed by atoms with van der Waals surface area (Å²) in [4.78, 5) is 24.9. The quantitative estimate of drug-likeness (QED) is 0.870. The smallest absolute Gasteiger partial charge is 0.303 e. The predicted molar refractivity (Wildman–Crippen MR) is 78.0 cm³/mol. The van der Waals surface area contributed by atoms with Gasteiger partial charge in [0.2, 0.25) is 0 Å². The number of aromatic nitrogens is 2. The molecular weight excluding hydrogens is 270 g/mol. The largest absolute Gasteiger partial charge is 0.481 e. The lowest BCUT2D eigenvalue weighted by Gasteiger charge is -2.32. The van der Waals surface area contributed by atoms with Gasteiger partial charge in [0.25, 0.3) is 5.91 Å². The SMILES string of the molecule is CCCn1cc(C(=O)N2CCC[C@H](CCC(=O)O)C2)cn1. The van der Waals surface area contributed by atoms with Crippen LogP contribution in [0.5, 0.6) is 0 Å². The van der Waals surface area contributed by atoms with E-state index < -0.39 is 5.97 Å². The van der Waals surface area contributed by atoms with Crippen molar-refractivity contribution >= 4 is 11.9 Å². The van der Waals surface area contributed by atoms with E-state index in [0.29, 0.717) is 24.4 Å². The number of carboxylic acids is 1. The van der Waals surface area contributed by atoms with Crippen molar-refractivity contribution in [2.75, 3.05) is 13.1 Å². The number of rotatable bonds is 6. The fraction of sp³-hybridized carbons (Fsp3) is 0.667. The molecule has 6 heteroatoms. The van der Waals surface area contributed by atoms with Crippen LogP contribution in [-0.4, -0.2) is 44.8 Å². The maximum absolute atomic E-state index is 12.5. The molecule has 1 N–H and O–H groups in total. The van der Waals surface area contributed by atoms with Crippen LogP contribution in [-0.2, 0) is 11.3 Å². The van der Waals surface area contributed by atoms with Crippen LogP contribution in [0.25, 0.3) is 0 Å². The van der Waals surface area contributed by atoms with Crippen LogP contribution in [0, 0.1) is 5.92 Å². The van der Waals surface area contributed by atoms with Crippen molar-refractivity contribution in [3.05, 3.63) is 18.0 Å². The van der Waals surface area contributed by atoms with Crippen LogP contribution < -0.4 is 0 Å². The molecule has 1 amide bonds. The number of aliphatic carboxylic acids is 1. The molecule has 1 aromatic rings. The lowest BCUT2D eigenvalue weighted by atomic mass is 9.93. The second-order valence-electron chi connectivity index (χ2n) is 5.68. The van der Waals surface area contributed by atoms with Crippen LogP contribution in [0.4, 0.5) is 0 Å². The third kappa shape index (κ3) is 4.31. The zero-order valence-corrected chi connectivity index (χ0v) is 12.5. The van der Waals surface area contributed by atoms with Gasteiger partial charge < -0.3 is 10.0 Å². The summed E-state index contributed by atoms with van der Waals surface area (Å²) in [6.07, 6.45) is 7.18. The van der Waals surface area contributed by atoms with Crippen molar-refractivity contribution < 1.29 is 14.7 Å². The molecule has 6 nitrogen and oxygen atoms in total. The standard InChI is InChI=1S/C15H23N3O3/c1-2-7-18-11-13(9-16-18)15(21)17-8-3-4-12(10-17)5-6-14(19)20/h9,11-12H,2-8,10H2,1H3,(H,19,20)/t12-/m1/s1. The molecule has 1 aliphatic rings. The minimum absolute atomic E-state index is 0.0115. The van der Waals surface area contributed by atoms with Gasteiger partial charge >= 0.3 is 5.97 Å². The van der Waals surface area contributed by atoms with Crippen molar-refractivity contribution in [2.24, 2.45) is 5.92 Å². The lowest BCUT2D eigenvalue weighted by molar-refractivity contribution is -0.137. The van der Waals surface area contributed by atoms with E-state index in [1.165, 1.54) is 0 Å². The van der Waals surface area contributed by atoms with Crippen LogP contribution in [0.15, 0.2) is 12.4 Å². The Kier molecular flexibility index (Phi) is 5.36. The molecule has 0 radical (unpaired) electrons. The number of hydrogen-bond donors (Lipinski definition) is 1. The first-order valence-corrected chi connectivity index (χ1v) is 7.63. The highest BCUT2D eigenvalue weighted by molar-refractivity contribution is 5.93. The fourth-order valence-electron chi connectivity index (χ4n) is 2.82. The number of aryl methyl sites for hydroxylation is 1. The third-order valence-corrected chi connectivity index (χ3v) is 3.91. The highest BCUT2D eigenvalue weighted by Gasteiger charge is 2.25. The van der Waals surface area contributed by atoms with Crippen LogP contribution >= 0.6 is 0 Å². The Morgan fingerprint density at radius 2 is 2.29 bits per heavy atom. The first kappa shape index (κ1) is 15.5. The van der Waals surface area contributed by atoms with E-state index in [9.17, 15) is 9.59 Å². The van der Waals surface area contributed by atoms with Crippen LogP contribution in [0.1, 0.15) is 49.4 Å². The first-order valence-electron chi connectivity index (χ1n) is 7.63. The Morgan fingerprint density at radius 1 is 1.48 bits per heavy atom. The average Bonchev–Trinajstić information content (AvgIpc) is 2.94. The lowest BCUT2D eigenvalue weighted by Crippen LogP contribution is -2.40. The number of hydrogen-bond acceptors (Lipinski definition) is 3. The molecule has 1 aromatic heterocycles. The van der Waals surface area contributed by atoms with Gasteiger partial charge in [0.05, 0.1) is 11.8 Å². The maximum atomic E-state index is 12.5. The zero-order chi connectivity index (χ0) is 15.2. The molecule has 0 aromatic carbocycles.